The minimum Gasteiger partial charge on any atom is -0.494 e. The van der Waals surface area contributed by atoms with E-state index in [1.807, 2.05) is 0 Å². The van der Waals surface area contributed by atoms with Crippen molar-refractivity contribution in [1.29, 1.82) is 0 Å². The lowest BCUT2D eigenvalue weighted by molar-refractivity contribution is -0.139. The summed E-state index contributed by atoms with van der Waals surface area (Å²) in [5, 5.41) is 0. The number of unbranched alkanes of at least 4 members (excludes halogenated alkanes) is 11. The van der Waals surface area contributed by atoms with Crippen LogP contribution in [0.2, 0.25) is 0 Å². The summed E-state index contributed by atoms with van der Waals surface area (Å²) in [6, 6.07) is 8.96. The Hall–Kier alpha value is -2.13. The van der Waals surface area contributed by atoms with E-state index in [1.54, 1.807) is 0 Å². The van der Waals surface area contributed by atoms with Crippen LogP contribution >= 0.6 is 0 Å². The molecule has 1 aliphatic rings. The van der Waals surface area contributed by atoms with Crippen molar-refractivity contribution in [2.24, 2.45) is 5.92 Å². The quantitative estimate of drug-likeness (QED) is 0.0593. The number of esters is 1. The summed E-state index contributed by atoms with van der Waals surface area (Å²) in [4.78, 5) is 13.6. The minimum atomic E-state index is -0.582. The number of ether oxygens (including phenoxy) is 2. The van der Waals surface area contributed by atoms with Gasteiger partial charge in [0.2, 0.25) is 0 Å². The van der Waals surface area contributed by atoms with Crippen LogP contribution in [0.5, 0.6) is 5.75 Å². The molecule has 0 radical (unpaired) electrons. The Labute approximate surface area is 220 Å². The van der Waals surface area contributed by atoms with Crippen LogP contribution in [-0.4, -0.2) is 30.2 Å². The molecule has 0 N–H and O–H groups in total. The lowest BCUT2D eigenvalue weighted by Crippen LogP contribution is -2.13. The van der Waals surface area contributed by atoms with Crippen molar-refractivity contribution in [1.82, 2.24) is 0 Å². The minimum absolute atomic E-state index is 0.400. The van der Waals surface area contributed by atoms with E-state index in [4.69, 9.17) is 15.0 Å². The topological polar surface area (TPSA) is 71.9 Å². The van der Waals surface area contributed by atoms with E-state index in [9.17, 15) is 4.79 Å². The Bertz CT molecular complexity index is 735. The summed E-state index contributed by atoms with van der Waals surface area (Å²) in [5.74, 6) is 2.16. The number of carbonyl (C=O) groups excluding carboxylic acids is 1. The molecular formula is C31H50N2O3. The first-order valence-electron chi connectivity index (χ1n) is 14.8. The number of carbonyl (C=O) groups is 1. The predicted molar refractivity (Wildman–Crippen MR) is 148 cm³/mol. The summed E-state index contributed by atoms with van der Waals surface area (Å²) < 4.78 is 10.9. The van der Waals surface area contributed by atoms with Crippen molar-refractivity contribution in [3.8, 4) is 5.75 Å². The van der Waals surface area contributed by atoms with Gasteiger partial charge in [0, 0.05) is 0 Å². The fourth-order valence-corrected chi connectivity index (χ4v) is 5.37. The van der Waals surface area contributed by atoms with Gasteiger partial charge in [0.1, 0.15) is 5.75 Å². The fourth-order valence-electron chi connectivity index (χ4n) is 5.37. The Kier molecular flexibility index (Phi) is 16.7. The number of hydrogen-bond donors (Lipinski definition) is 0. The molecule has 0 unspecified atom stereocenters. The maximum absolute atomic E-state index is 11.0. The summed E-state index contributed by atoms with van der Waals surface area (Å²) in [6.45, 7) is 3.51. The van der Waals surface area contributed by atoms with Gasteiger partial charge in [-0.3, -0.25) is 0 Å². The average Bonchev–Trinajstić information content (AvgIpc) is 2.90. The van der Waals surface area contributed by atoms with E-state index in [-0.39, 0.29) is 0 Å². The molecular weight excluding hydrogens is 448 g/mol. The molecule has 5 heteroatoms. The standard InChI is InChI=1S/C31H50N2O3/c1-2-3-12-15-27-16-18-28(19-17-27)29-20-22-30(23-21-29)35-24-13-10-8-6-4-5-7-9-11-14-25-36-31(34)26-33-32/h20-23,26-28H,2-19,24-25H2,1H3. The SMILES string of the molecule is CCCCCC1CCC(c2ccc(OCCCCCCCCCCCCOC(=O)C=[N+]=[N-])cc2)CC1. The van der Waals surface area contributed by atoms with Crippen molar-refractivity contribution in [2.75, 3.05) is 13.2 Å². The molecule has 1 saturated carbocycles. The molecule has 1 aromatic carbocycles. The van der Waals surface area contributed by atoms with Crippen LogP contribution in [0.3, 0.4) is 0 Å². The average molecular weight is 499 g/mol. The van der Waals surface area contributed by atoms with Crippen molar-refractivity contribution >= 4 is 12.2 Å². The number of rotatable bonds is 20. The van der Waals surface area contributed by atoms with E-state index < -0.39 is 5.97 Å². The maximum atomic E-state index is 11.0. The second kappa shape index (κ2) is 20.0. The van der Waals surface area contributed by atoms with Crippen LogP contribution in [0, 0.1) is 5.92 Å². The number of benzene rings is 1. The van der Waals surface area contributed by atoms with E-state index >= 15 is 0 Å². The fraction of sp³-hybridized carbons (Fsp3) is 0.742. The second-order valence-corrected chi connectivity index (χ2v) is 10.6. The normalized spacial score (nSPS) is 17.4. The molecule has 1 aromatic rings. The van der Waals surface area contributed by atoms with Crippen molar-refractivity contribution in [3.63, 3.8) is 0 Å². The largest absolute Gasteiger partial charge is 0.494 e. The molecule has 0 bridgehead atoms. The highest BCUT2D eigenvalue weighted by molar-refractivity contribution is 6.20. The van der Waals surface area contributed by atoms with Crippen molar-refractivity contribution in [2.45, 2.75) is 128 Å². The summed E-state index contributed by atoms with van der Waals surface area (Å²) in [7, 11) is 0. The first-order chi connectivity index (χ1) is 17.7. The Balaban J connectivity index is 1.40. The summed E-state index contributed by atoms with van der Waals surface area (Å²) in [5.41, 5.74) is 9.73. The molecule has 0 amide bonds. The second-order valence-electron chi connectivity index (χ2n) is 10.6. The molecule has 0 aromatic heterocycles. The van der Waals surface area contributed by atoms with Crippen LogP contribution in [0.15, 0.2) is 24.3 Å². The summed E-state index contributed by atoms with van der Waals surface area (Å²) >= 11 is 0. The van der Waals surface area contributed by atoms with Crippen LogP contribution in [0.1, 0.15) is 134 Å². The molecule has 0 aliphatic heterocycles. The van der Waals surface area contributed by atoms with Gasteiger partial charge in [-0.05, 0) is 68.1 Å². The van der Waals surface area contributed by atoms with E-state index in [2.05, 4.69) is 36.0 Å². The third-order valence-electron chi connectivity index (χ3n) is 7.63. The smallest absolute Gasteiger partial charge is 0.413 e. The molecule has 2 rings (SSSR count). The summed E-state index contributed by atoms with van der Waals surface area (Å²) in [6.07, 6.45) is 23.8. The van der Waals surface area contributed by atoms with E-state index in [0.29, 0.717) is 6.61 Å². The van der Waals surface area contributed by atoms with Gasteiger partial charge in [-0.1, -0.05) is 96.1 Å². The van der Waals surface area contributed by atoms with Gasteiger partial charge in [-0.2, -0.15) is 4.79 Å². The van der Waals surface area contributed by atoms with Gasteiger partial charge in [-0.25, -0.2) is 4.79 Å². The molecule has 5 nitrogen and oxygen atoms in total. The Morgan fingerprint density at radius 1 is 0.833 bits per heavy atom. The highest BCUT2D eigenvalue weighted by Gasteiger charge is 2.22. The zero-order chi connectivity index (χ0) is 25.7. The Morgan fingerprint density at radius 2 is 1.42 bits per heavy atom. The number of nitrogens with zero attached hydrogens (tertiary/aromatic N) is 2. The van der Waals surface area contributed by atoms with Gasteiger partial charge < -0.3 is 15.0 Å². The third kappa shape index (κ3) is 13.8. The van der Waals surface area contributed by atoms with Crippen LogP contribution in [-0.2, 0) is 9.53 Å². The molecule has 1 fully saturated rings. The van der Waals surface area contributed by atoms with Crippen LogP contribution < -0.4 is 4.74 Å². The zero-order valence-electron chi connectivity index (χ0n) is 22.8. The molecule has 202 valence electrons. The lowest BCUT2D eigenvalue weighted by Gasteiger charge is -2.29. The first kappa shape index (κ1) is 30.1. The van der Waals surface area contributed by atoms with Gasteiger partial charge in [0.05, 0.1) is 13.2 Å². The third-order valence-corrected chi connectivity index (χ3v) is 7.63. The molecule has 36 heavy (non-hydrogen) atoms. The highest BCUT2D eigenvalue weighted by Crippen LogP contribution is 2.38. The monoisotopic (exact) mass is 498 g/mol. The van der Waals surface area contributed by atoms with E-state index in [0.717, 1.165) is 49.7 Å². The molecule has 0 saturated heterocycles. The van der Waals surface area contributed by atoms with Gasteiger partial charge in [-0.15, -0.1) is 0 Å². The van der Waals surface area contributed by atoms with Crippen LogP contribution in [0.25, 0.3) is 5.53 Å². The Morgan fingerprint density at radius 3 is 2.00 bits per heavy atom. The first-order valence-corrected chi connectivity index (χ1v) is 14.8. The predicted octanol–water partition coefficient (Wildman–Crippen LogP) is 8.66. The maximum Gasteiger partial charge on any atom is 0.413 e. The van der Waals surface area contributed by atoms with Gasteiger partial charge in [0.25, 0.3) is 0 Å². The zero-order valence-corrected chi connectivity index (χ0v) is 22.8. The lowest BCUT2D eigenvalue weighted by atomic mass is 9.77. The van der Waals surface area contributed by atoms with Gasteiger partial charge >= 0.3 is 12.2 Å². The molecule has 1 aliphatic carbocycles. The van der Waals surface area contributed by atoms with Crippen LogP contribution in [0.4, 0.5) is 0 Å². The van der Waals surface area contributed by atoms with E-state index in [1.165, 1.54) is 102 Å². The molecule has 0 heterocycles. The molecule has 0 atom stereocenters. The highest BCUT2D eigenvalue weighted by atomic mass is 16.5. The van der Waals surface area contributed by atoms with Crippen molar-refractivity contribution < 1.29 is 19.1 Å². The van der Waals surface area contributed by atoms with Crippen molar-refractivity contribution in [3.05, 3.63) is 35.4 Å². The van der Waals surface area contributed by atoms with Gasteiger partial charge in [0.15, 0.2) is 0 Å². The molecule has 0 spiro atoms. The number of hydrogen-bond acceptors (Lipinski definition) is 3.